The summed E-state index contributed by atoms with van der Waals surface area (Å²) in [5.41, 5.74) is 1.57. The van der Waals surface area contributed by atoms with Crippen LogP contribution in [0.5, 0.6) is 0 Å². The molecule has 0 bridgehead atoms. The Hall–Kier alpha value is -1.21. The molecule has 100 valence electrons. The first-order valence-corrected chi connectivity index (χ1v) is 5.97. The van der Waals surface area contributed by atoms with Crippen molar-refractivity contribution in [3.05, 3.63) is 29.8 Å². The van der Waals surface area contributed by atoms with Crippen molar-refractivity contribution in [1.82, 2.24) is 5.32 Å². The van der Waals surface area contributed by atoms with Crippen LogP contribution in [-0.2, 0) is 11.3 Å². The van der Waals surface area contributed by atoms with Crippen molar-refractivity contribution in [2.75, 3.05) is 0 Å². The van der Waals surface area contributed by atoms with Gasteiger partial charge >= 0.3 is 5.51 Å². The van der Waals surface area contributed by atoms with E-state index in [1.54, 1.807) is 19.1 Å². The van der Waals surface area contributed by atoms with Gasteiger partial charge in [-0.2, -0.15) is 13.2 Å². The number of carbonyl (C=O) groups excluding carboxylic acids is 1. The van der Waals surface area contributed by atoms with E-state index in [-0.39, 0.29) is 16.7 Å². The maximum absolute atomic E-state index is 12.1. The Kier molecular flexibility index (Phi) is 5.03. The maximum Gasteiger partial charge on any atom is 0.446 e. The van der Waals surface area contributed by atoms with Gasteiger partial charge in [0.15, 0.2) is 0 Å². The van der Waals surface area contributed by atoms with Crippen LogP contribution in [-0.4, -0.2) is 17.5 Å². The Morgan fingerprint density at radius 3 is 2.39 bits per heavy atom. The van der Waals surface area contributed by atoms with Gasteiger partial charge in [-0.1, -0.05) is 12.1 Å². The van der Waals surface area contributed by atoms with Gasteiger partial charge in [0.25, 0.3) is 0 Å². The summed E-state index contributed by atoms with van der Waals surface area (Å²) >= 11 is -0.156. The number of carbonyl (C=O) groups is 1. The smallest absolute Gasteiger partial charge is 0.368 e. The van der Waals surface area contributed by atoms with Crippen LogP contribution in [0, 0.1) is 0 Å². The van der Waals surface area contributed by atoms with Crippen molar-refractivity contribution < 1.29 is 18.0 Å². The first-order valence-electron chi connectivity index (χ1n) is 5.15. The summed E-state index contributed by atoms with van der Waals surface area (Å²) in [5.74, 6) is -0.473. The van der Waals surface area contributed by atoms with Gasteiger partial charge in [-0.15, -0.1) is 0 Å². The molecule has 0 aliphatic heterocycles. The minimum atomic E-state index is -4.28. The van der Waals surface area contributed by atoms with Crippen LogP contribution in [0.25, 0.3) is 0 Å². The minimum Gasteiger partial charge on any atom is -0.368 e. The molecule has 7 heteroatoms. The van der Waals surface area contributed by atoms with Gasteiger partial charge in [0.05, 0.1) is 6.04 Å². The molecule has 0 fully saturated rings. The summed E-state index contributed by atoms with van der Waals surface area (Å²) in [6, 6.07) is 5.46. The second-order valence-electron chi connectivity index (χ2n) is 3.70. The Morgan fingerprint density at radius 2 is 1.94 bits per heavy atom. The first-order chi connectivity index (χ1) is 8.28. The first kappa shape index (κ1) is 14.8. The summed E-state index contributed by atoms with van der Waals surface area (Å²) in [6.07, 6.45) is 0. The van der Waals surface area contributed by atoms with Crippen LogP contribution in [0.15, 0.2) is 29.2 Å². The van der Waals surface area contributed by atoms with Gasteiger partial charge in [-0.05, 0) is 36.4 Å². The second-order valence-corrected chi connectivity index (χ2v) is 4.84. The molecule has 1 unspecified atom stereocenters. The Balaban J connectivity index is 2.53. The van der Waals surface area contributed by atoms with E-state index in [0.717, 1.165) is 5.56 Å². The number of alkyl halides is 3. The number of hydrogen-bond donors (Lipinski definition) is 2. The summed E-state index contributed by atoms with van der Waals surface area (Å²) < 4.78 is 36.3. The molecule has 1 atom stereocenters. The van der Waals surface area contributed by atoms with E-state index >= 15 is 0 Å². The van der Waals surface area contributed by atoms with Crippen molar-refractivity contribution in [1.29, 1.82) is 0 Å². The zero-order chi connectivity index (χ0) is 13.8. The van der Waals surface area contributed by atoms with Gasteiger partial charge in [0, 0.05) is 11.4 Å². The van der Waals surface area contributed by atoms with Crippen LogP contribution < -0.4 is 11.1 Å². The highest BCUT2D eigenvalue weighted by Gasteiger charge is 2.28. The van der Waals surface area contributed by atoms with Gasteiger partial charge in [0.2, 0.25) is 5.91 Å². The molecule has 0 spiro atoms. The zero-order valence-electron chi connectivity index (χ0n) is 9.62. The molecule has 1 aromatic rings. The van der Waals surface area contributed by atoms with Crippen LogP contribution in [0.4, 0.5) is 13.2 Å². The molecule has 3 N–H and O–H groups in total. The summed E-state index contributed by atoms with van der Waals surface area (Å²) in [6.45, 7) is 2.00. The molecule has 1 rings (SSSR count). The molecular formula is C11H13F3N2OS. The van der Waals surface area contributed by atoms with Crippen molar-refractivity contribution in [3.63, 3.8) is 0 Å². The number of nitrogens with one attached hydrogen (secondary N) is 1. The van der Waals surface area contributed by atoms with Crippen LogP contribution in [0.2, 0.25) is 0 Å². The average molecular weight is 278 g/mol. The van der Waals surface area contributed by atoms with Crippen molar-refractivity contribution >= 4 is 17.7 Å². The highest BCUT2D eigenvalue weighted by molar-refractivity contribution is 8.00. The molecule has 0 aliphatic carbocycles. The van der Waals surface area contributed by atoms with E-state index in [2.05, 4.69) is 5.32 Å². The van der Waals surface area contributed by atoms with Gasteiger partial charge in [-0.3, -0.25) is 4.79 Å². The second kappa shape index (κ2) is 6.10. The maximum atomic E-state index is 12.1. The third-order valence-corrected chi connectivity index (χ3v) is 2.94. The monoisotopic (exact) mass is 278 g/mol. The van der Waals surface area contributed by atoms with Crippen LogP contribution >= 0.6 is 11.8 Å². The highest BCUT2D eigenvalue weighted by atomic mass is 32.2. The quantitative estimate of drug-likeness (QED) is 0.812. The fraction of sp³-hybridized carbons (Fsp3) is 0.364. The molecular weight excluding hydrogens is 265 g/mol. The largest absolute Gasteiger partial charge is 0.446 e. The predicted molar refractivity (Wildman–Crippen MR) is 63.9 cm³/mol. The number of halogens is 3. The van der Waals surface area contributed by atoms with Crippen LogP contribution in [0.1, 0.15) is 12.5 Å². The van der Waals surface area contributed by atoms with E-state index < -0.39 is 17.5 Å². The molecule has 0 heterocycles. The summed E-state index contributed by atoms with van der Waals surface area (Å²) in [5, 5.41) is 2.86. The lowest BCUT2D eigenvalue weighted by Gasteiger charge is -2.10. The average Bonchev–Trinajstić information content (AvgIpc) is 2.25. The van der Waals surface area contributed by atoms with Gasteiger partial charge < -0.3 is 11.1 Å². The molecule has 0 saturated carbocycles. The summed E-state index contributed by atoms with van der Waals surface area (Å²) in [7, 11) is 0. The van der Waals surface area contributed by atoms with Crippen LogP contribution in [0.3, 0.4) is 0 Å². The SMILES string of the molecule is CC(NCc1ccc(SC(F)(F)F)cc1)C(N)=O. The molecule has 1 aromatic carbocycles. The fourth-order valence-corrected chi connectivity index (χ4v) is 1.72. The Morgan fingerprint density at radius 1 is 1.39 bits per heavy atom. The number of hydrogen-bond acceptors (Lipinski definition) is 3. The van der Waals surface area contributed by atoms with Crippen molar-refractivity contribution in [3.8, 4) is 0 Å². The van der Waals surface area contributed by atoms with E-state index in [9.17, 15) is 18.0 Å². The van der Waals surface area contributed by atoms with Gasteiger partial charge in [0.1, 0.15) is 0 Å². The normalized spacial score (nSPS) is 13.3. The number of rotatable bonds is 5. The molecule has 0 radical (unpaired) electrons. The third kappa shape index (κ3) is 5.42. The minimum absolute atomic E-state index is 0.134. The summed E-state index contributed by atoms with van der Waals surface area (Å²) in [4.78, 5) is 10.9. The topological polar surface area (TPSA) is 55.1 Å². The molecule has 1 amide bonds. The Bertz CT molecular complexity index is 406. The molecule has 3 nitrogen and oxygen atoms in total. The molecule has 0 aliphatic rings. The van der Waals surface area contributed by atoms with Crippen molar-refractivity contribution in [2.24, 2.45) is 5.73 Å². The van der Waals surface area contributed by atoms with E-state index in [1.807, 2.05) is 0 Å². The standard InChI is InChI=1S/C11H13F3N2OS/c1-7(10(15)17)16-6-8-2-4-9(5-3-8)18-11(12,13)14/h2-5,7,16H,6H2,1H3,(H2,15,17). The number of benzene rings is 1. The van der Waals surface area contributed by atoms with E-state index in [0.29, 0.717) is 6.54 Å². The predicted octanol–water partition coefficient (Wildman–Crippen LogP) is 2.26. The number of thioether (sulfide) groups is 1. The zero-order valence-corrected chi connectivity index (χ0v) is 10.4. The lowest BCUT2D eigenvalue weighted by Crippen LogP contribution is -2.38. The molecule has 18 heavy (non-hydrogen) atoms. The number of primary amides is 1. The molecule has 0 aromatic heterocycles. The van der Waals surface area contributed by atoms with E-state index in [1.165, 1.54) is 12.1 Å². The lowest BCUT2D eigenvalue weighted by molar-refractivity contribution is -0.119. The van der Waals surface area contributed by atoms with Crippen molar-refractivity contribution in [2.45, 2.75) is 29.9 Å². The number of nitrogens with two attached hydrogens (primary N) is 1. The molecule has 0 saturated heterocycles. The highest BCUT2D eigenvalue weighted by Crippen LogP contribution is 2.36. The third-order valence-electron chi connectivity index (χ3n) is 2.20. The number of amides is 1. The fourth-order valence-electron chi connectivity index (χ4n) is 1.18. The lowest BCUT2D eigenvalue weighted by atomic mass is 10.2. The Labute approximate surface area is 107 Å². The van der Waals surface area contributed by atoms with Gasteiger partial charge in [-0.25, -0.2) is 0 Å². The van der Waals surface area contributed by atoms with E-state index in [4.69, 9.17) is 5.73 Å².